The molecule has 2 rings (SSSR count). The van der Waals surface area contributed by atoms with Gasteiger partial charge in [0, 0.05) is 18.9 Å². The van der Waals surface area contributed by atoms with E-state index >= 15 is 0 Å². The second kappa shape index (κ2) is 7.11. The molecule has 1 saturated heterocycles. The molecule has 1 amide bonds. The molecule has 1 aliphatic rings. The summed E-state index contributed by atoms with van der Waals surface area (Å²) in [5, 5.41) is 2.93. The van der Waals surface area contributed by atoms with Crippen LogP contribution in [-0.2, 0) is 0 Å². The van der Waals surface area contributed by atoms with E-state index in [1.54, 1.807) is 24.5 Å². The topological polar surface area (TPSA) is 45.2 Å². The van der Waals surface area contributed by atoms with Crippen LogP contribution in [0.4, 0.5) is 0 Å². The molecule has 0 saturated carbocycles. The minimum absolute atomic E-state index is 0.0262. The molecule has 2 heterocycles. The predicted molar refractivity (Wildman–Crippen MR) is 71.5 cm³/mol. The van der Waals surface area contributed by atoms with E-state index in [1.165, 1.54) is 32.4 Å². The SMILES string of the molecule is O=C(NCCCN1CCCCC1)c1cccnc1. The first kappa shape index (κ1) is 13.0. The number of nitrogens with one attached hydrogen (secondary N) is 1. The first-order valence-corrected chi connectivity index (χ1v) is 6.77. The van der Waals surface area contributed by atoms with Crippen molar-refractivity contribution >= 4 is 5.91 Å². The van der Waals surface area contributed by atoms with E-state index in [9.17, 15) is 4.79 Å². The van der Waals surface area contributed by atoms with Gasteiger partial charge in [0.2, 0.25) is 0 Å². The van der Waals surface area contributed by atoms with Crippen molar-refractivity contribution in [2.45, 2.75) is 25.7 Å². The molecule has 18 heavy (non-hydrogen) atoms. The number of aromatic nitrogens is 1. The lowest BCUT2D eigenvalue weighted by molar-refractivity contribution is 0.0950. The van der Waals surface area contributed by atoms with E-state index in [-0.39, 0.29) is 5.91 Å². The van der Waals surface area contributed by atoms with E-state index < -0.39 is 0 Å². The molecule has 4 heteroatoms. The molecule has 1 aromatic rings. The van der Waals surface area contributed by atoms with Crippen LogP contribution >= 0.6 is 0 Å². The van der Waals surface area contributed by atoms with Gasteiger partial charge in [-0.25, -0.2) is 0 Å². The van der Waals surface area contributed by atoms with Crippen molar-refractivity contribution in [3.8, 4) is 0 Å². The van der Waals surface area contributed by atoms with E-state index in [1.807, 2.05) is 0 Å². The first-order chi connectivity index (χ1) is 8.86. The molecule has 0 aromatic carbocycles. The van der Waals surface area contributed by atoms with E-state index in [0.29, 0.717) is 5.56 Å². The van der Waals surface area contributed by atoms with Crippen molar-refractivity contribution < 1.29 is 4.79 Å². The van der Waals surface area contributed by atoms with Crippen LogP contribution < -0.4 is 5.32 Å². The third-order valence-electron chi connectivity index (χ3n) is 3.31. The molecule has 1 aromatic heterocycles. The highest BCUT2D eigenvalue weighted by Crippen LogP contribution is 2.08. The standard InChI is InChI=1S/C14H21N3O/c18-14(13-6-4-7-15-12-13)16-8-5-11-17-9-2-1-3-10-17/h4,6-7,12H,1-3,5,8-11H2,(H,16,18). The zero-order valence-corrected chi connectivity index (χ0v) is 10.8. The Bertz CT molecular complexity index is 361. The summed E-state index contributed by atoms with van der Waals surface area (Å²) < 4.78 is 0. The zero-order chi connectivity index (χ0) is 12.6. The molecule has 0 radical (unpaired) electrons. The number of likely N-dealkylation sites (tertiary alicyclic amines) is 1. The molecular formula is C14H21N3O. The van der Waals surface area contributed by atoms with Crippen LogP contribution in [0, 0.1) is 0 Å². The fourth-order valence-electron chi connectivity index (χ4n) is 2.29. The van der Waals surface area contributed by atoms with Gasteiger partial charge in [-0.15, -0.1) is 0 Å². The molecule has 0 unspecified atom stereocenters. The molecule has 0 spiro atoms. The summed E-state index contributed by atoms with van der Waals surface area (Å²) in [5.41, 5.74) is 0.635. The Balaban J connectivity index is 1.62. The normalized spacial score (nSPS) is 16.4. The lowest BCUT2D eigenvalue weighted by Crippen LogP contribution is -2.33. The summed E-state index contributed by atoms with van der Waals surface area (Å²) in [6.45, 7) is 4.27. The fourth-order valence-corrected chi connectivity index (χ4v) is 2.29. The lowest BCUT2D eigenvalue weighted by atomic mass is 10.1. The van der Waals surface area contributed by atoms with Gasteiger partial charge in [-0.3, -0.25) is 9.78 Å². The number of nitrogens with zero attached hydrogens (tertiary/aromatic N) is 2. The third kappa shape index (κ3) is 4.11. The summed E-state index contributed by atoms with van der Waals surface area (Å²) in [7, 11) is 0. The van der Waals surface area contributed by atoms with Gasteiger partial charge in [-0.2, -0.15) is 0 Å². The van der Waals surface area contributed by atoms with Crippen molar-refractivity contribution in [2.24, 2.45) is 0 Å². The van der Waals surface area contributed by atoms with Crippen LogP contribution in [0.25, 0.3) is 0 Å². The minimum atomic E-state index is -0.0262. The average Bonchev–Trinajstić information content (AvgIpc) is 2.45. The Morgan fingerprint density at radius 1 is 1.33 bits per heavy atom. The van der Waals surface area contributed by atoms with Gasteiger partial charge in [0.1, 0.15) is 0 Å². The number of carbonyl (C=O) groups excluding carboxylic acids is 1. The maximum absolute atomic E-state index is 11.7. The number of pyridine rings is 1. The van der Waals surface area contributed by atoms with Crippen molar-refractivity contribution in [1.29, 1.82) is 0 Å². The highest BCUT2D eigenvalue weighted by molar-refractivity contribution is 5.93. The monoisotopic (exact) mass is 247 g/mol. The van der Waals surface area contributed by atoms with Crippen molar-refractivity contribution in [2.75, 3.05) is 26.2 Å². The molecular weight excluding hydrogens is 226 g/mol. The largest absolute Gasteiger partial charge is 0.352 e. The number of rotatable bonds is 5. The number of carbonyl (C=O) groups is 1. The van der Waals surface area contributed by atoms with E-state index in [2.05, 4.69) is 15.2 Å². The van der Waals surface area contributed by atoms with Gasteiger partial charge in [0.15, 0.2) is 0 Å². The minimum Gasteiger partial charge on any atom is -0.352 e. The van der Waals surface area contributed by atoms with Gasteiger partial charge < -0.3 is 10.2 Å². The quantitative estimate of drug-likeness (QED) is 0.805. The Kier molecular flexibility index (Phi) is 5.15. The van der Waals surface area contributed by atoms with Crippen LogP contribution in [0.1, 0.15) is 36.0 Å². The van der Waals surface area contributed by atoms with Crippen molar-refractivity contribution in [3.63, 3.8) is 0 Å². The van der Waals surface area contributed by atoms with E-state index in [4.69, 9.17) is 0 Å². The maximum atomic E-state index is 11.7. The Morgan fingerprint density at radius 2 is 2.17 bits per heavy atom. The summed E-state index contributed by atoms with van der Waals surface area (Å²) in [4.78, 5) is 18.2. The molecule has 4 nitrogen and oxygen atoms in total. The zero-order valence-electron chi connectivity index (χ0n) is 10.8. The third-order valence-corrected chi connectivity index (χ3v) is 3.31. The van der Waals surface area contributed by atoms with Crippen LogP contribution in [0.5, 0.6) is 0 Å². The molecule has 98 valence electrons. The molecule has 1 N–H and O–H groups in total. The predicted octanol–water partition coefficient (Wildman–Crippen LogP) is 1.69. The highest BCUT2D eigenvalue weighted by Gasteiger charge is 2.09. The Morgan fingerprint density at radius 3 is 2.89 bits per heavy atom. The van der Waals surface area contributed by atoms with Gasteiger partial charge in [-0.1, -0.05) is 6.42 Å². The van der Waals surface area contributed by atoms with Gasteiger partial charge >= 0.3 is 0 Å². The van der Waals surface area contributed by atoms with Crippen LogP contribution in [0.15, 0.2) is 24.5 Å². The summed E-state index contributed by atoms with van der Waals surface area (Å²) in [5.74, 6) is -0.0262. The number of hydrogen-bond donors (Lipinski definition) is 1. The smallest absolute Gasteiger partial charge is 0.252 e. The van der Waals surface area contributed by atoms with Crippen LogP contribution in [0.2, 0.25) is 0 Å². The fraction of sp³-hybridized carbons (Fsp3) is 0.571. The number of piperidine rings is 1. The van der Waals surface area contributed by atoms with Gasteiger partial charge in [-0.05, 0) is 51.0 Å². The molecule has 1 fully saturated rings. The summed E-state index contributed by atoms with van der Waals surface area (Å²) in [6.07, 6.45) is 8.30. The van der Waals surface area contributed by atoms with Crippen LogP contribution in [-0.4, -0.2) is 42.0 Å². The molecule has 0 aliphatic carbocycles. The summed E-state index contributed by atoms with van der Waals surface area (Å²) >= 11 is 0. The first-order valence-electron chi connectivity index (χ1n) is 6.77. The second-order valence-corrected chi connectivity index (χ2v) is 4.75. The Hall–Kier alpha value is -1.42. The van der Waals surface area contributed by atoms with E-state index in [0.717, 1.165) is 19.5 Å². The Labute approximate surface area is 108 Å². The average molecular weight is 247 g/mol. The van der Waals surface area contributed by atoms with Crippen LogP contribution in [0.3, 0.4) is 0 Å². The molecule has 1 aliphatic heterocycles. The van der Waals surface area contributed by atoms with Crippen molar-refractivity contribution in [3.05, 3.63) is 30.1 Å². The van der Waals surface area contributed by atoms with Gasteiger partial charge in [0.25, 0.3) is 5.91 Å². The number of amides is 1. The maximum Gasteiger partial charge on any atom is 0.252 e. The second-order valence-electron chi connectivity index (χ2n) is 4.75. The summed E-state index contributed by atoms with van der Waals surface area (Å²) in [6, 6.07) is 3.57. The van der Waals surface area contributed by atoms with Gasteiger partial charge in [0.05, 0.1) is 5.56 Å². The number of hydrogen-bond acceptors (Lipinski definition) is 3. The highest BCUT2D eigenvalue weighted by atomic mass is 16.1. The van der Waals surface area contributed by atoms with Crippen molar-refractivity contribution in [1.82, 2.24) is 15.2 Å². The molecule has 0 atom stereocenters. The lowest BCUT2D eigenvalue weighted by Gasteiger charge is -2.26. The molecule has 0 bridgehead atoms.